The summed E-state index contributed by atoms with van der Waals surface area (Å²) in [4.78, 5) is 12.2. The summed E-state index contributed by atoms with van der Waals surface area (Å²) < 4.78 is 0. The van der Waals surface area contributed by atoms with Crippen molar-refractivity contribution in [1.82, 2.24) is 15.0 Å². The van der Waals surface area contributed by atoms with E-state index in [1.54, 1.807) is 0 Å². The molecule has 0 saturated carbocycles. The fraction of sp³-hybridized carbons (Fsp3) is 0.667. The van der Waals surface area contributed by atoms with Crippen molar-refractivity contribution < 1.29 is 0 Å². The van der Waals surface area contributed by atoms with Gasteiger partial charge in [-0.05, 0) is 18.6 Å². The number of hydrogen-bond donors (Lipinski definition) is 1. The summed E-state index contributed by atoms with van der Waals surface area (Å²) in [7, 11) is 0. The number of nitrogen functional groups attached to an aromatic ring is 1. The van der Waals surface area contributed by atoms with Gasteiger partial charge >= 0.3 is 0 Å². The van der Waals surface area contributed by atoms with Gasteiger partial charge in [0.2, 0.25) is 5.95 Å². The van der Waals surface area contributed by atoms with Crippen LogP contribution in [0.5, 0.6) is 0 Å². The van der Waals surface area contributed by atoms with Crippen LogP contribution in [-0.4, -0.2) is 20.7 Å². The molecule has 4 nitrogen and oxygen atoms in total. The van der Waals surface area contributed by atoms with Crippen LogP contribution >= 0.6 is 11.8 Å². The van der Waals surface area contributed by atoms with Crippen LogP contribution in [0.15, 0.2) is 0 Å². The van der Waals surface area contributed by atoms with Crippen molar-refractivity contribution in [3.8, 4) is 0 Å². The quantitative estimate of drug-likeness (QED) is 0.822. The van der Waals surface area contributed by atoms with E-state index < -0.39 is 0 Å². The monoisotopic (exact) mass is 212 g/mol. The van der Waals surface area contributed by atoms with Gasteiger partial charge in [0.1, 0.15) is 11.6 Å². The van der Waals surface area contributed by atoms with Crippen LogP contribution in [0.2, 0.25) is 0 Å². The molecule has 14 heavy (non-hydrogen) atoms. The summed E-state index contributed by atoms with van der Waals surface area (Å²) in [6, 6.07) is 0. The van der Waals surface area contributed by atoms with Crippen molar-refractivity contribution in [2.75, 3.05) is 11.5 Å². The zero-order valence-corrected chi connectivity index (χ0v) is 9.64. The fourth-order valence-electron chi connectivity index (χ4n) is 1.01. The molecule has 1 heterocycles. The SMILES string of the molecule is Cc1nc(N)nc(CSCC(C)C)n1. The van der Waals surface area contributed by atoms with E-state index in [9.17, 15) is 0 Å². The summed E-state index contributed by atoms with van der Waals surface area (Å²) >= 11 is 1.82. The first kappa shape index (κ1) is 11.2. The molecule has 0 aliphatic rings. The summed E-state index contributed by atoms with van der Waals surface area (Å²) in [5.41, 5.74) is 5.52. The molecule has 0 unspecified atom stereocenters. The van der Waals surface area contributed by atoms with Gasteiger partial charge in [-0.25, -0.2) is 4.98 Å². The van der Waals surface area contributed by atoms with E-state index in [2.05, 4.69) is 28.8 Å². The third kappa shape index (κ3) is 3.91. The maximum Gasteiger partial charge on any atom is 0.223 e. The predicted molar refractivity (Wildman–Crippen MR) is 60.0 cm³/mol. The number of hydrogen-bond acceptors (Lipinski definition) is 5. The van der Waals surface area contributed by atoms with Crippen LogP contribution in [0.1, 0.15) is 25.5 Å². The van der Waals surface area contributed by atoms with Gasteiger partial charge in [0.15, 0.2) is 0 Å². The third-order valence-electron chi connectivity index (χ3n) is 1.49. The standard InChI is InChI=1S/C9H16N4S/c1-6(2)4-14-5-8-11-7(3)12-9(10)13-8/h6H,4-5H2,1-3H3,(H2,10,11,12,13). The number of nitrogens with zero attached hydrogens (tertiary/aromatic N) is 3. The Hall–Kier alpha value is -0.840. The van der Waals surface area contributed by atoms with Crippen molar-refractivity contribution in [2.45, 2.75) is 26.5 Å². The van der Waals surface area contributed by atoms with Crippen molar-refractivity contribution in [3.05, 3.63) is 11.6 Å². The number of rotatable bonds is 4. The van der Waals surface area contributed by atoms with E-state index in [4.69, 9.17) is 5.73 Å². The van der Waals surface area contributed by atoms with E-state index in [0.717, 1.165) is 17.3 Å². The van der Waals surface area contributed by atoms with Crippen LogP contribution in [0, 0.1) is 12.8 Å². The molecular weight excluding hydrogens is 196 g/mol. The van der Waals surface area contributed by atoms with Gasteiger partial charge in [0.25, 0.3) is 0 Å². The summed E-state index contributed by atoms with van der Waals surface area (Å²) in [6.07, 6.45) is 0. The van der Waals surface area contributed by atoms with Gasteiger partial charge in [0.05, 0.1) is 5.75 Å². The first-order valence-electron chi connectivity index (χ1n) is 4.62. The Balaban J connectivity index is 2.50. The first-order chi connectivity index (χ1) is 6.58. The van der Waals surface area contributed by atoms with Gasteiger partial charge in [-0.2, -0.15) is 21.7 Å². The smallest absolute Gasteiger partial charge is 0.223 e. The Morgan fingerprint density at radius 3 is 2.57 bits per heavy atom. The van der Waals surface area contributed by atoms with Crippen molar-refractivity contribution in [3.63, 3.8) is 0 Å². The van der Waals surface area contributed by atoms with E-state index >= 15 is 0 Å². The Morgan fingerprint density at radius 1 is 1.29 bits per heavy atom. The number of aryl methyl sites for hydroxylation is 1. The molecule has 0 amide bonds. The van der Waals surface area contributed by atoms with Crippen molar-refractivity contribution in [1.29, 1.82) is 0 Å². The van der Waals surface area contributed by atoms with Gasteiger partial charge in [-0.15, -0.1) is 0 Å². The average Bonchev–Trinajstić information content (AvgIpc) is 2.01. The average molecular weight is 212 g/mol. The Bertz CT molecular complexity index is 281. The summed E-state index contributed by atoms with van der Waals surface area (Å²) in [6.45, 7) is 6.22. The van der Waals surface area contributed by atoms with Gasteiger partial charge in [0, 0.05) is 0 Å². The summed E-state index contributed by atoms with van der Waals surface area (Å²) in [5.74, 6) is 4.41. The topological polar surface area (TPSA) is 64.7 Å². The molecule has 0 fully saturated rings. The third-order valence-corrected chi connectivity index (χ3v) is 2.86. The second-order valence-electron chi connectivity index (χ2n) is 3.57. The molecular formula is C9H16N4S. The lowest BCUT2D eigenvalue weighted by molar-refractivity contribution is 0.749. The molecule has 0 spiro atoms. The van der Waals surface area contributed by atoms with E-state index in [1.165, 1.54) is 0 Å². The second kappa shape index (κ2) is 5.14. The molecule has 1 rings (SSSR count). The molecule has 1 aromatic heterocycles. The number of nitrogens with two attached hydrogens (primary N) is 1. The Morgan fingerprint density at radius 2 is 2.00 bits per heavy atom. The van der Waals surface area contributed by atoms with E-state index in [-0.39, 0.29) is 0 Å². The normalized spacial score (nSPS) is 10.9. The lowest BCUT2D eigenvalue weighted by atomic mass is 10.3. The molecule has 0 saturated heterocycles. The zero-order valence-electron chi connectivity index (χ0n) is 8.82. The summed E-state index contributed by atoms with van der Waals surface area (Å²) in [5, 5.41) is 0. The maximum absolute atomic E-state index is 5.52. The van der Waals surface area contributed by atoms with Crippen LogP contribution in [0.3, 0.4) is 0 Å². The minimum absolute atomic E-state index is 0.317. The first-order valence-corrected chi connectivity index (χ1v) is 5.78. The molecule has 1 aromatic rings. The minimum Gasteiger partial charge on any atom is -0.368 e. The van der Waals surface area contributed by atoms with Crippen molar-refractivity contribution >= 4 is 17.7 Å². The lowest BCUT2D eigenvalue weighted by Gasteiger charge is -2.04. The maximum atomic E-state index is 5.52. The Labute approximate surface area is 88.7 Å². The van der Waals surface area contributed by atoms with Gasteiger partial charge in [-0.3, -0.25) is 0 Å². The molecule has 0 radical (unpaired) electrons. The highest BCUT2D eigenvalue weighted by molar-refractivity contribution is 7.98. The van der Waals surface area contributed by atoms with Crippen LogP contribution in [-0.2, 0) is 5.75 Å². The van der Waals surface area contributed by atoms with Crippen LogP contribution < -0.4 is 5.73 Å². The molecule has 0 aromatic carbocycles. The highest BCUT2D eigenvalue weighted by atomic mass is 32.2. The van der Waals surface area contributed by atoms with E-state index in [0.29, 0.717) is 17.7 Å². The largest absolute Gasteiger partial charge is 0.368 e. The zero-order chi connectivity index (χ0) is 10.6. The molecule has 0 aliphatic carbocycles. The number of anilines is 1. The number of thioether (sulfide) groups is 1. The second-order valence-corrected chi connectivity index (χ2v) is 4.60. The molecule has 0 atom stereocenters. The minimum atomic E-state index is 0.317. The highest BCUT2D eigenvalue weighted by Gasteiger charge is 2.02. The predicted octanol–water partition coefficient (Wildman–Crippen LogP) is 1.65. The molecule has 0 aliphatic heterocycles. The highest BCUT2D eigenvalue weighted by Crippen LogP contribution is 2.12. The molecule has 78 valence electrons. The lowest BCUT2D eigenvalue weighted by Crippen LogP contribution is -2.04. The van der Waals surface area contributed by atoms with Gasteiger partial charge in [-0.1, -0.05) is 13.8 Å². The van der Waals surface area contributed by atoms with E-state index in [1.807, 2.05) is 18.7 Å². The Kier molecular flexibility index (Phi) is 4.13. The molecule has 2 N–H and O–H groups in total. The fourth-order valence-corrected chi connectivity index (χ4v) is 1.91. The van der Waals surface area contributed by atoms with Crippen molar-refractivity contribution in [2.24, 2.45) is 5.92 Å². The molecule has 5 heteroatoms. The van der Waals surface area contributed by atoms with Crippen LogP contribution in [0.25, 0.3) is 0 Å². The number of aromatic nitrogens is 3. The molecule has 0 bridgehead atoms. The van der Waals surface area contributed by atoms with Gasteiger partial charge < -0.3 is 5.73 Å². The van der Waals surface area contributed by atoms with Crippen LogP contribution in [0.4, 0.5) is 5.95 Å².